The molecule has 6 heteroatoms. The standard InChI is InChI=1S/C11H20N4OS/c1-8(2)15-10(5-6-13-15)14-11(16)12-7-9(3)17-4/h5-6,8-9H,7H2,1-4H3,(H2,12,14,16)/t9-/m1/s1. The summed E-state index contributed by atoms with van der Waals surface area (Å²) in [6, 6.07) is 1.83. The first kappa shape index (κ1) is 13.9. The van der Waals surface area contributed by atoms with Crippen LogP contribution in [-0.4, -0.2) is 33.9 Å². The summed E-state index contributed by atoms with van der Waals surface area (Å²) in [5, 5.41) is 10.2. The van der Waals surface area contributed by atoms with Crippen LogP contribution in [0.5, 0.6) is 0 Å². The number of nitrogens with zero attached hydrogens (tertiary/aromatic N) is 2. The van der Waals surface area contributed by atoms with Crippen LogP contribution in [0, 0.1) is 0 Å². The molecule has 1 rings (SSSR count). The van der Waals surface area contributed by atoms with Crippen molar-refractivity contribution >= 4 is 23.6 Å². The van der Waals surface area contributed by atoms with Crippen molar-refractivity contribution in [2.45, 2.75) is 32.1 Å². The van der Waals surface area contributed by atoms with E-state index in [0.717, 1.165) is 0 Å². The Morgan fingerprint density at radius 3 is 2.82 bits per heavy atom. The summed E-state index contributed by atoms with van der Waals surface area (Å²) >= 11 is 1.72. The highest BCUT2D eigenvalue weighted by Gasteiger charge is 2.09. The average Bonchev–Trinajstić information content (AvgIpc) is 2.74. The van der Waals surface area contributed by atoms with Gasteiger partial charge >= 0.3 is 6.03 Å². The van der Waals surface area contributed by atoms with Crippen LogP contribution in [-0.2, 0) is 0 Å². The molecule has 0 aliphatic rings. The minimum Gasteiger partial charge on any atom is -0.337 e. The van der Waals surface area contributed by atoms with E-state index in [9.17, 15) is 4.79 Å². The Morgan fingerprint density at radius 1 is 1.53 bits per heavy atom. The van der Waals surface area contributed by atoms with E-state index in [1.807, 2.05) is 20.1 Å². The summed E-state index contributed by atoms with van der Waals surface area (Å²) in [7, 11) is 0. The molecule has 0 bridgehead atoms. The monoisotopic (exact) mass is 256 g/mol. The minimum atomic E-state index is -0.187. The Kier molecular flexibility index (Phi) is 5.34. The fourth-order valence-corrected chi connectivity index (χ4v) is 1.56. The molecule has 2 N–H and O–H groups in total. The molecule has 0 radical (unpaired) electrons. The van der Waals surface area contributed by atoms with E-state index < -0.39 is 0 Å². The number of amides is 2. The first-order chi connectivity index (χ1) is 8.04. The topological polar surface area (TPSA) is 59.0 Å². The zero-order chi connectivity index (χ0) is 12.8. The number of carbonyl (C=O) groups is 1. The van der Waals surface area contributed by atoms with Crippen molar-refractivity contribution in [3.8, 4) is 0 Å². The highest BCUT2D eigenvalue weighted by molar-refractivity contribution is 7.99. The second kappa shape index (κ2) is 6.54. The number of carbonyl (C=O) groups excluding carboxylic acids is 1. The van der Waals surface area contributed by atoms with Gasteiger partial charge in [0.05, 0.1) is 6.20 Å². The van der Waals surface area contributed by atoms with E-state index in [1.165, 1.54) is 0 Å². The molecule has 0 spiro atoms. The summed E-state index contributed by atoms with van der Waals surface area (Å²) in [6.45, 7) is 6.77. The number of nitrogens with one attached hydrogen (secondary N) is 2. The molecule has 1 atom stereocenters. The van der Waals surface area contributed by atoms with Crippen molar-refractivity contribution in [2.24, 2.45) is 0 Å². The predicted octanol–water partition coefficient (Wildman–Crippen LogP) is 2.34. The van der Waals surface area contributed by atoms with Crippen molar-refractivity contribution in [2.75, 3.05) is 18.1 Å². The lowest BCUT2D eigenvalue weighted by Crippen LogP contribution is -2.34. The summed E-state index contributed by atoms with van der Waals surface area (Å²) in [6.07, 6.45) is 3.71. The number of urea groups is 1. The van der Waals surface area contributed by atoms with Gasteiger partial charge in [0.2, 0.25) is 0 Å². The summed E-state index contributed by atoms with van der Waals surface area (Å²) < 4.78 is 1.78. The van der Waals surface area contributed by atoms with Gasteiger partial charge in [-0.15, -0.1) is 0 Å². The van der Waals surface area contributed by atoms with Crippen LogP contribution in [0.1, 0.15) is 26.8 Å². The van der Waals surface area contributed by atoms with Crippen LogP contribution >= 0.6 is 11.8 Å². The number of hydrogen-bond donors (Lipinski definition) is 2. The molecule has 0 aliphatic carbocycles. The zero-order valence-corrected chi connectivity index (χ0v) is 11.5. The summed E-state index contributed by atoms with van der Waals surface area (Å²) in [4.78, 5) is 11.6. The van der Waals surface area contributed by atoms with Crippen LogP contribution in [0.15, 0.2) is 12.3 Å². The van der Waals surface area contributed by atoms with Gasteiger partial charge in [0.1, 0.15) is 5.82 Å². The summed E-state index contributed by atoms with van der Waals surface area (Å²) in [5.74, 6) is 0.717. The first-order valence-electron chi connectivity index (χ1n) is 5.65. The number of hydrogen-bond acceptors (Lipinski definition) is 3. The molecule has 1 aromatic heterocycles. The van der Waals surface area contributed by atoms with Gasteiger partial charge in [-0.3, -0.25) is 5.32 Å². The van der Waals surface area contributed by atoms with Gasteiger partial charge in [-0.2, -0.15) is 16.9 Å². The molecular weight excluding hydrogens is 236 g/mol. The van der Waals surface area contributed by atoms with E-state index in [0.29, 0.717) is 17.6 Å². The molecule has 0 saturated heterocycles. The minimum absolute atomic E-state index is 0.187. The van der Waals surface area contributed by atoms with Crippen molar-refractivity contribution in [3.63, 3.8) is 0 Å². The molecular formula is C11H20N4OS. The van der Waals surface area contributed by atoms with Gasteiger partial charge in [-0.1, -0.05) is 6.92 Å². The fraction of sp³-hybridized carbons (Fsp3) is 0.636. The quantitative estimate of drug-likeness (QED) is 0.850. The lowest BCUT2D eigenvalue weighted by atomic mass is 10.4. The van der Waals surface area contributed by atoms with E-state index in [1.54, 1.807) is 28.7 Å². The molecule has 1 aromatic rings. The lowest BCUT2D eigenvalue weighted by Gasteiger charge is -2.13. The SMILES string of the molecule is CS[C@H](C)CNC(=O)Nc1ccnn1C(C)C. The number of thioether (sulfide) groups is 1. The smallest absolute Gasteiger partial charge is 0.320 e. The van der Waals surface area contributed by atoms with Crippen molar-refractivity contribution in [3.05, 3.63) is 12.3 Å². The molecule has 5 nitrogen and oxygen atoms in total. The highest BCUT2D eigenvalue weighted by Crippen LogP contribution is 2.12. The first-order valence-corrected chi connectivity index (χ1v) is 6.94. The third kappa shape index (κ3) is 4.30. The second-order valence-corrected chi connectivity index (χ2v) is 5.41. The highest BCUT2D eigenvalue weighted by atomic mass is 32.2. The van der Waals surface area contributed by atoms with Gasteiger partial charge < -0.3 is 5.32 Å². The van der Waals surface area contributed by atoms with Gasteiger partial charge in [-0.25, -0.2) is 9.48 Å². The van der Waals surface area contributed by atoms with E-state index in [-0.39, 0.29) is 12.1 Å². The maximum absolute atomic E-state index is 11.6. The van der Waals surface area contributed by atoms with E-state index >= 15 is 0 Å². The van der Waals surface area contributed by atoms with Gasteiger partial charge in [-0.05, 0) is 20.1 Å². The third-order valence-electron chi connectivity index (χ3n) is 2.35. The van der Waals surface area contributed by atoms with Gasteiger partial charge in [0, 0.05) is 23.9 Å². The van der Waals surface area contributed by atoms with Crippen molar-refractivity contribution < 1.29 is 4.79 Å². The lowest BCUT2D eigenvalue weighted by molar-refractivity contribution is 0.252. The molecule has 17 heavy (non-hydrogen) atoms. The summed E-state index contributed by atoms with van der Waals surface area (Å²) in [5.41, 5.74) is 0. The molecule has 2 amide bonds. The molecule has 0 aliphatic heterocycles. The Bertz CT molecular complexity index is 364. The van der Waals surface area contributed by atoms with Crippen LogP contribution in [0.2, 0.25) is 0 Å². The maximum atomic E-state index is 11.6. The van der Waals surface area contributed by atoms with Crippen LogP contribution in [0.25, 0.3) is 0 Å². The Hall–Kier alpha value is -1.17. The van der Waals surface area contributed by atoms with Gasteiger partial charge in [0.15, 0.2) is 0 Å². The fourth-order valence-electron chi connectivity index (χ4n) is 1.31. The van der Waals surface area contributed by atoms with Crippen LogP contribution < -0.4 is 10.6 Å². The van der Waals surface area contributed by atoms with E-state index in [4.69, 9.17) is 0 Å². The molecule has 1 heterocycles. The van der Waals surface area contributed by atoms with Crippen LogP contribution in [0.3, 0.4) is 0 Å². The average molecular weight is 256 g/mol. The maximum Gasteiger partial charge on any atom is 0.320 e. The molecule has 0 fully saturated rings. The van der Waals surface area contributed by atoms with Crippen molar-refractivity contribution in [1.29, 1.82) is 0 Å². The number of anilines is 1. The molecule has 0 saturated carbocycles. The third-order valence-corrected chi connectivity index (χ3v) is 3.32. The van der Waals surface area contributed by atoms with Crippen molar-refractivity contribution in [1.82, 2.24) is 15.1 Å². The molecule has 96 valence electrons. The molecule has 0 aromatic carbocycles. The Labute approximate surface area is 106 Å². The normalized spacial score (nSPS) is 12.5. The Balaban J connectivity index is 2.48. The second-order valence-electron chi connectivity index (χ2n) is 4.14. The Morgan fingerprint density at radius 2 is 2.24 bits per heavy atom. The number of aromatic nitrogens is 2. The largest absolute Gasteiger partial charge is 0.337 e. The van der Waals surface area contributed by atoms with Crippen LogP contribution in [0.4, 0.5) is 10.6 Å². The number of rotatable bonds is 5. The predicted molar refractivity (Wildman–Crippen MR) is 72.6 cm³/mol. The molecule has 0 unspecified atom stereocenters. The zero-order valence-electron chi connectivity index (χ0n) is 10.7. The van der Waals surface area contributed by atoms with Gasteiger partial charge in [0.25, 0.3) is 0 Å². The van der Waals surface area contributed by atoms with E-state index in [2.05, 4.69) is 22.7 Å².